The molecule has 0 spiro atoms. The maximum Gasteiger partial charge on any atom is 0.264 e. The molecule has 1 aliphatic heterocycles. The normalized spacial score (nSPS) is 17.2. The molecule has 1 amide bonds. The van der Waals surface area contributed by atoms with Crippen molar-refractivity contribution in [2.75, 3.05) is 14.2 Å². The van der Waals surface area contributed by atoms with Crippen molar-refractivity contribution in [3.05, 3.63) is 59.0 Å². The summed E-state index contributed by atoms with van der Waals surface area (Å²) in [6.45, 7) is 0. The van der Waals surface area contributed by atoms with E-state index in [1.54, 1.807) is 20.3 Å². The predicted octanol–water partition coefficient (Wildman–Crippen LogP) is 3.60. The van der Waals surface area contributed by atoms with Gasteiger partial charge in [0, 0.05) is 5.56 Å². The van der Waals surface area contributed by atoms with E-state index in [4.69, 9.17) is 9.47 Å². The van der Waals surface area contributed by atoms with E-state index in [1.165, 1.54) is 11.8 Å². The van der Waals surface area contributed by atoms with Gasteiger partial charge in [0.05, 0.1) is 24.8 Å². The molecule has 0 unspecified atom stereocenters. The van der Waals surface area contributed by atoms with Crippen LogP contribution in [-0.4, -0.2) is 25.3 Å². The summed E-state index contributed by atoms with van der Waals surface area (Å²) in [5.74, 6) is 1.03. The van der Waals surface area contributed by atoms with Crippen molar-refractivity contribution in [2.24, 2.45) is 4.99 Å². The number of hydrogen-bond donors (Lipinski definition) is 1. The summed E-state index contributed by atoms with van der Waals surface area (Å²) < 4.78 is 10.7. The molecule has 122 valence electrons. The minimum atomic E-state index is -0.181. The second-order valence-corrected chi connectivity index (χ2v) is 5.93. The molecule has 1 aliphatic rings. The Bertz CT molecular complexity index is 816. The second-order valence-electron chi connectivity index (χ2n) is 4.90. The van der Waals surface area contributed by atoms with E-state index in [-0.39, 0.29) is 5.91 Å². The highest BCUT2D eigenvalue weighted by Crippen LogP contribution is 2.35. The van der Waals surface area contributed by atoms with E-state index in [0.717, 1.165) is 11.3 Å². The zero-order chi connectivity index (χ0) is 16.9. The monoisotopic (exact) mass is 340 g/mol. The molecule has 0 saturated carbocycles. The van der Waals surface area contributed by atoms with E-state index in [0.29, 0.717) is 21.6 Å². The number of ether oxygens (including phenoxy) is 2. The number of benzene rings is 2. The summed E-state index contributed by atoms with van der Waals surface area (Å²) in [5.41, 5.74) is 1.57. The Labute approximate surface area is 144 Å². The molecule has 24 heavy (non-hydrogen) atoms. The van der Waals surface area contributed by atoms with Gasteiger partial charge in [0.1, 0.15) is 0 Å². The molecule has 0 atom stereocenters. The van der Waals surface area contributed by atoms with Gasteiger partial charge in [-0.2, -0.15) is 0 Å². The third-order valence-electron chi connectivity index (χ3n) is 3.36. The van der Waals surface area contributed by atoms with Gasteiger partial charge in [0.2, 0.25) is 0 Å². The van der Waals surface area contributed by atoms with Crippen LogP contribution in [0.4, 0.5) is 5.69 Å². The van der Waals surface area contributed by atoms with Gasteiger partial charge < -0.3 is 14.8 Å². The van der Waals surface area contributed by atoms with Gasteiger partial charge in [-0.25, -0.2) is 4.99 Å². The first-order chi connectivity index (χ1) is 11.7. The minimum Gasteiger partial charge on any atom is -0.493 e. The van der Waals surface area contributed by atoms with E-state index in [9.17, 15) is 4.79 Å². The lowest BCUT2D eigenvalue weighted by Gasteiger charge is -2.10. The molecule has 0 aliphatic carbocycles. The van der Waals surface area contributed by atoms with E-state index in [1.807, 2.05) is 48.5 Å². The quantitative estimate of drug-likeness (QED) is 0.864. The number of para-hydroxylation sites is 2. The summed E-state index contributed by atoms with van der Waals surface area (Å²) >= 11 is 1.30. The fraction of sp³-hybridized carbons (Fsp3) is 0.111. The number of methoxy groups -OCH3 is 2. The van der Waals surface area contributed by atoms with Gasteiger partial charge >= 0.3 is 0 Å². The predicted molar refractivity (Wildman–Crippen MR) is 96.8 cm³/mol. The number of amidine groups is 1. The van der Waals surface area contributed by atoms with Gasteiger partial charge in [-0.3, -0.25) is 4.79 Å². The fourth-order valence-electron chi connectivity index (χ4n) is 2.27. The molecule has 0 bridgehead atoms. The van der Waals surface area contributed by atoms with Crippen molar-refractivity contribution in [1.29, 1.82) is 0 Å². The largest absolute Gasteiger partial charge is 0.493 e. The van der Waals surface area contributed by atoms with Crippen molar-refractivity contribution in [3.63, 3.8) is 0 Å². The zero-order valence-corrected chi connectivity index (χ0v) is 14.1. The van der Waals surface area contributed by atoms with Crippen molar-refractivity contribution < 1.29 is 14.3 Å². The first kappa shape index (κ1) is 16.1. The average Bonchev–Trinajstić information content (AvgIpc) is 2.94. The Morgan fingerprint density at radius 1 is 1.04 bits per heavy atom. The number of amides is 1. The molecule has 6 heteroatoms. The Kier molecular flexibility index (Phi) is 4.86. The fourth-order valence-corrected chi connectivity index (χ4v) is 3.10. The number of aliphatic imine (C=N–C) groups is 1. The van der Waals surface area contributed by atoms with Crippen LogP contribution in [0.1, 0.15) is 5.56 Å². The van der Waals surface area contributed by atoms with Gasteiger partial charge in [0.25, 0.3) is 5.91 Å². The molecule has 1 fully saturated rings. The van der Waals surface area contributed by atoms with Crippen LogP contribution in [0.15, 0.2) is 58.4 Å². The summed E-state index contributed by atoms with van der Waals surface area (Å²) in [4.78, 5) is 17.2. The molecular weight excluding hydrogens is 324 g/mol. The van der Waals surface area contributed by atoms with Crippen LogP contribution in [0, 0.1) is 0 Å². The Morgan fingerprint density at radius 3 is 2.54 bits per heavy atom. The third kappa shape index (κ3) is 3.44. The summed E-state index contributed by atoms with van der Waals surface area (Å²) in [5, 5.41) is 3.33. The highest BCUT2D eigenvalue weighted by Gasteiger charge is 2.24. The topological polar surface area (TPSA) is 59.9 Å². The SMILES string of the molecule is COc1cccc(/C=C2/SC(=Nc3ccccc3)NC2=O)c1OC. The van der Waals surface area contributed by atoms with E-state index >= 15 is 0 Å². The molecule has 2 aromatic carbocycles. The van der Waals surface area contributed by atoms with Crippen molar-refractivity contribution in [3.8, 4) is 11.5 Å². The zero-order valence-electron chi connectivity index (χ0n) is 13.3. The van der Waals surface area contributed by atoms with Gasteiger partial charge in [0.15, 0.2) is 16.7 Å². The van der Waals surface area contributed by atoms with Crippen molar-refractivity contribution in [1.82, 2.24) is 5.32 Å². The lowest BCUT2D eigenvalue weighted by Crippen LogP contribution is -2.19. The van der Waals surface area contributed by atoms with Crippen LogP contribution in [0.3, 0.4) is 0 Å². The molecule has 1 saturated heterocycles. The third-order valence-corrected chi connectivity index (χ3v) is 4.27. The number of nitrogens with one attached hydrogen (secondary N) is 1. The lowest BCUT2D eigenvalue weighted by molar-refractivity contribution is -0.115. The molecule has 1 heterocycles. The van der Waals surface area contributed by atoms with Crippen LogP contribution in [0.5, 0.6) is 11.5 Å². The van der Waals surface area contributed by atoms with Crippen molar-refractivity contribution >= 4 is 34.6 Å². The average molecular weight is 340 g/mol. The lowest BCUT2D eigenvalue weighted by atomic mass is 10.1. The van der Waals surface area contributed by atoms with Gasteiger partial charge in [-0.05, 0) is 36.0 Å². The highest BCUT2D eigenvalue weighted by atomic mass is 32.2. The molecule has 1 N–H and O–H groups in total. The second kappa shape index (κ2) is 7.23. The van der Waals surface area contributed by atoms with Crippen LogP contribution in [-0.2, 0) is 4.79 Å². The first-order valence-corrected chi connectivity index (χ1v) is 8.08. The molecule has 2 aromatic rings. The molecular formula is C18H16N2O3S. The van der Waals surface area contributed by atoms with E-state index in [2.05, 4.69) is 10.3 Å². The smallest absolute Gasteiger partial charge is 0.264 e. The summed E-state index contributed by atoms with van der Waals surface area (Å²) in [7, 11) is 3.15. The number of hydrogen-bond acceptors (Lipinski definition) is 5. The molecule has 5 nitrogen and oxygen atoms in total. The number of carbonyl (C=O) groups is 1. The standard InChI is InChI=1S/C18H16N2O3S/c1-22-14-10-6-7-12(16(14)23-2)11-15-17(21)20-18(24-15)19-13-8-4-3-5-9-13/h3-11H,1-2H3,(H,19,20,21)/b15-11+. The maximum atomic E-state index is 12.2. The van der Waals surface area contributed by atoms with Crippen LogP contribution in [0.25, 0.3) is 6.08 Å². The van der Waals surface area contributed by atoms with Crippen LogP contribution < -0.4 is 14.8 Å². The Hall–Kier alpha value is -2.73. The number of carbonyl (C=O) groups excluding carboxylic acids is 1. The Balaban J connectivity index is 1.90. The molecule has 0 radical (unpaired) electrons. The number of nitrogens with zero attached hydrogens (tertiary/aromatic N) is 1. The van der Waals surface area contributed by atoms with Crippen molar-refractivity contribution in [2.45, 2.75) is 0 Å². The maximum absolute atomic E-state index is 12.2. The first-order valence-electron chi connectivity index (χ1n) is 7.27. The van der Waals surface area contributed by atoms with Crippen LogP contribution >= 0.6 is 11.8 Å². The number of rotatable bonds is 4. The van der Waals surface area contributed by atoms with E-state index < -0.39 is 0 Å². The molecule has 0 aromatic heterocycles. The highest BCUT2D eigenvalue weighted by molar-refractivity contribution is 8.18. The van der Waals surface area contributed by atoms with Crippen LogP contribution in [0.2, 0.25) is 0 Å². The molecule has 3 rings (SSSR count). The number of thioether (sulfide) groups is 1. The minimum absolute atomic E-state index is 0.181. The summed E-state index contributed by atoms with van der Waals surface area (Å²) in [6, 6.07) is 15.0. The van der Waals surface area contributed by atoms with Gasteiger partial charge in [-0.15, -0.1) is 0 Å². The van der Waals surface area contributed by atoms with Gasteiger partial charge in [-0.1, -0.05) is 30.3 Å². The summed E-state index contributed by atoms with van der Waals surface area (Å²) in [6.07, 6.45) is 1.77. The Morgan fingerprint density at radius 2 is 1.83 bits per heavy atom.